The van der Waals surface area contributed by atoms with Crippen molar-refractivity contribution in [2.45, 2.75) is 12.3 Å². The number of hydrogen-bond acceptors (Lipinski definition) is 1. The molecule has 0 bridgehead atoms. The Hall–Kier alpha value is -0.320. The molecule has 1 unspecified atom stereocenters. The first-order chi connectivity index (χ1) is 3.48. The minimum Gasteiger partial charge on any atom is -0.381 e. The van der Waals surface area contributed by atoms with Crippen LogP contribution in [0.5, 0.6) is 0 Å². The Kier molecular flexibility index (Phi) is 2.21. The number of aliphatic hydroxyl groups excluding tert-OH is 1. The van der Waals surface area contributed by atoms with Crippen molar-refractivity contribution in [2.24, 2.45) is 0 Å². The van der Waals surface area contributed by atoms with Crippen LogP contribution in [0, 0.1) is 0 Å². The maximum Gasteiger partial charge on any atom is 0.416 e. The Balaban J connectivity index is 3.62. The molecule has 0 aliphatic heterocycles. The fourth-order valence-corrected chi connectivity index (χ4v) is 0.0875. The van der Waals surface area contributed by atoms with E-state index < -0.39 is 19.0 Å². The van der Waals surface area contributed by atoms with Crippen LogP contribution in [-0.4, -0.2) is 24.1 Å². The third kappa shape index (κ3) is 2.11. The van der Waals surface area contributed by atoms with Gasteiger partial charge in [0.05, 0.1) is 0 Å². The maximum absolute atomic E-state index is 11.0. The molecule has 5 heteroatoms. The van der Waals surface area contributed by atoms with Crippen molar-refractivity contribution in [3.05, 3.63) is 0 Å². The monoisotopic (exact) mass is 132 g/mol. The van der Waals surface area contributed by atoms with Crippen LogP contribution in [0.1, 0.15) is 0 Å². The van der Waals surface area contributed by atoms with Crippen LogP contribution >= 0.6 is 0 Å². The lowest BCUT2D eigenvalue weighted by Crippen LogP contribution is -2.30. The molecule has 0 heterocycles. The first kappa shape index (κ1) is 7.68. The molecule has 50 valence electrons. The Labute approximate surface area is 42.9 Å². The smallest absolute Gasteiger partial charge is 0.381 e. The second-order valence-corrected chi connectivity index (χ2v) is 1.21. The molecule has 0 saturated heterocycles. The molecule has 0 aromatic rings. The van der Waals surface area contributed by atoms with Gasteiger partial charge in [-0.3, -0.25) is 0 Å². The lowest BCUT2D eigenvalue weighted by atomic mass is 10.4. The number of hydrogen-bond donors (Lipinski definition) is 1. The summed E-state index contributed by atoms with van der Waals surface area (Å²) in [7, 11) is 0. The summed E-state index contributed by atoms with van der Waals surface area (Å²) < 4.78 is 43.8. The molecule has 0 spiro atoms. The van der Waals surface area contributed by atoms with Gasteiger partial charge in [-0.15, -0.1) is 0 Å². The van der Waals surface area contributed by atoms with E-state index in [1.165, 1.54) is 0 Å². The van der Waals surface area contributed by atoms with Gasteiger partial charge in [-0.25, -0.2) is 4.39 Å². The summed E-state index contributed by atoms with van der Waals surface area (Å²) in [6.45, 7) is -1.77. The molecule has 1 atom stereocenters. The van der Waals surface area contributed by atoms with E-state index in [0.717, 1.165) is 0 Å². The number of aliphatic hydroxyl groups is 1. The van der Waals surface area contributed by atoms with Gasteiger partial charge >= 0.3 is 6.18 Å². The average Bonchev–Trinajstić information content (AvgIpc) is 1.62. The van der Waals surface area contributed by atoms with Crippen molar-refractivity contribution in [2.75, 3.05) is 6.67 Å². The standard InChI is InChI=1S/C3H4F4O/c4-1-2(8)3(5,6)7/h2,8H,1H2. The zero-order valence-electron chi connectivity index (χ0n) is 3.74. The van der Waals surface area contributed by atoms with Crippen molar-refractivity contribution in [1.82, 2.24) is 0 Å². The van der Waals surface area contributed by atoms with Crippen LogP contribution in [-0.2, 0) is 0 Å². The molecule has 8 heavy (non-hydrogen) atoms. The highest BCUT2D eigenvalue weighted by Gasteiger charge is 2.37. The predicted octanol–water partition coefficient (Wildman–Crippen LogP) is 0.879. The summed E-state index contributed by atoms with van der Waals surface area (Å²) >= 11 is 0. The summed E-state index contributed by atoms with van der Waals surface area (Å²) in [6, 6.07) is 0. The van der Waals surface area contributed by atoms with Gasteiger partial charge in [0.15, 0.2) is 6.10 Å². The third-order valence-corrected chi connectivity index (χ3v) is 0.524. The fourth-order valence-electron chi connectivity index (χ4n) is 0.0875. The van der Waals surface area contributed by atoms with E-state index >= 15 is 0 Å². The number of halogens is 4. The van der Waals surface area contributed by atoms with Crippen LogP contribution in [0.25, 0.3) is 0 Å². The van der Waals surface area contributed by atoms with Crippen LogP contribution in [0.15, 0.2) is 0 Å². The van der Waals surface area contributed by atoms with Gasteiger partial charge in [-0.2, -0.15) is 13.2 Å². The molecule has 1 nitrogen and oxygen atoms in total. The predicted molar refractivity (Wildman–Crippen MR) is 18.0 cm³/mol. The lowest BCUT2D eigenvalue weighted by molar-refractivity contribution is -0.207. The van der Waals surface area contributed by atoms with Gasteiger partial charge in [-0.1, -0.05) is 0 Å². The fraction of sp³-hybridized carbons (Fsp3) is 1.00. The topological polar surface area (TPSA) is 20.2 Å². The number of rotatable bonds is 1. The zero-order valence-corrected chi connectivity index (χ0v) is 3.74. The quantitative estimate of drug-likeness (QED) is 0.525. The molecule has 0 aliphatic rings. The highest BCUT2D eigenvalue weighted by molar-refractivity contribution is 4.61. The van der Waals surface area contributed by atoms with Gasteiger partial charge in [0.25, 0.3) is 0 Å². The molecule has 0 saturated carbocycles. The summed E-state index contributed by atoms with van der Waals surface area (Å²) in [5.74, 6) is 0. The first-order valence-electron chi connectivity index (χ1n) is 1.79. The van der Waals surface area contributed by atoms with Crippen LogP contribution in [0.3, 0.4) is 0 Å². The Bertz CT molecular complexity index is 68.2. The maximum atomic E-state index is 11.0. The molecule has 0 rings (SSSR count). The van der Waals surface area contributed by atoms with Gasteiger partial charge < -0.3 is 5.11 Å². The molecule has 1 N–H and O–H groups in total. The second-order valence-electron chi connectivity index (χ2n) is 1.21. The van der Waals surface area contributed by atoms with E-state index in [9.17, 15) is 17.6 Å². The van der Waals surface area contributed by atoms with E-state index in [1.807, 2.05) is 0 Å². The average molecular weight is 132 g/mol. The Morgan fingerprint density at radius 3 is 1.75 bits per heavy atom. The SMILES string of the molecule is OC(CF)C(F)(F)F. The van der Waals surface area contributed by atoms with E-state index in [4.69, 9.17) is 5.11 Å². The molecule has 0 aromatic carbocycles. The van der Waals surface area contributed by atoms with Gasteiger partial charge in [-0.05, 0) is 0 Å². The van der Waals surface area contributed by atoms with Crippen molar-refractivity contribution >= 4 is 0 Å². The Morgan fingerprint density at radius 1 is 1.38 bits per heavy atom. The van der Waals surface area contributed by atoms with E-state index in [1.54, 1.807) is 0 Å². The zero-order chi connectivity index (χ0) is 6.78. The van der Waals surface area contributed by atoms with Crippen molar-refractivity contribution in [3.63, 3.8) is 0 Å². The van der Waals surface area contributed by atoms with E-state index in [2.05, 4.69) is 0 Å². The lowest BCUT2D eigenvalue weighted by Gasteiger charge is -2.08. The van der Waals surface area contributed by atoms with Crippen molar-refractivity contribution < 1.29 is 22.7 Å². The number of alkyl halides is 4. The van der Waals surface area contributed by atoms with Gasteiger partial charge in [0.2, 0.25) is 0 Å². The second kappa shape index (κ2) is 2.30. The summed E-state index contributed by atoms with van der Waals surface area (Å²) in [5, 5.41) is 7.69. The molecular formula is C3H4F4O. The summed E-state index contributed by atoms with van der Waals surface area (Å²) in [6.07, 6.45) is -7.63. The normalized spacial score (nSPS) is 16.1. The molecule has 0 aliphatic carbocycles. The van der Waals surface area contributed by atoms with E-state index in [-0.39, 0.29) is 0 Å². The largest absolute Gasteiger partial charge is 0.416 e. The van der Waals surface area contributed by atoms with Gasteiger partial charge in [0, 0.05) is 0 Å². The van der Waals surface area contributed by atoms with E-state index in [0.29, 0.717) is 0 Å². The van der Waals surface area contributed by atoms with Gasteiger partial charge in [0.1, 0.15) is 6.67 Å². The highest BCUT2D eigenvalue weighted by atomic mass is 19.4. The highest BCUT2D eigenvalue weighted by Crippen LogP contribution is 2.19. The molecule has 0 fully saturated rings. The minimum absolute atomic E-state index is 1.77. The first-order valence-corrected chi connectivity index (χ1v) is 1.79. The van der Waals surface area contributed by atoms with Crippen LogP contribution in [0.4, 0.5) is 17.6 Å². The minimum atomic E-state index is -4.81. The van der Waals surface area contributed by atoms with Crippen LogP contribution < -0.4 is 0 Å². The molecule has 0 radical (unpaired) electrons. The third-order valence-electron chi connectivity index (χ3n) is 0.524. The molecular weight excluding hydrogens is 128 g/mol. The Morgan fingerprint density at radius 2 is 1.75 bits per heavy atom. The molecule has 0 aromatic heterocycles. The van der Waals surface area contributed by atoms with Crippen molar-refractivity contribution in [3.8, 4) is 0 Å². The summed E-state index contributed by atoms with van der Waals surface area (Å²) in [4.78, 5) is 0. The van der Waals surface area contributed by atoms with Crippen molar-refractivity contribution in [1.29, 1.82) is 0 Å². The summed E-state index contributed by atoms with van der Waals surface area (Å²) in [5.41, 5.74) is 0. The van der Waals surface area contributed by atoms with Crippen LogP contribution in [0.2, 0.25) is 0 Å². The molecule has 0 amide bonds.